The number of hydrogen-bond acceptors (Lipinski definition) is 5. The predicted molar refractivity (Wildman–Crippen MR) is 278 cm³/mol. The summed E-state index contributed by atoms with van der Waals surface area (Å²) in [6, 6.07) is 63.6. The predicted octanol–water partition coefficient (Wildman–Crippen LogP) is 17.0. The third-order valence-corrected chi connectivity index (χ3v) is 12.5. The highest BCUT2D eigenvalue weighted by Gasteiger charge is 2.19. The van der Waals surface area contributed by atoms with Crippen molar-refractivity contribution >= 4 is 43.9 Å². The largest absolute Gasteiger partial charge is 0.456 e. The molecule has 0 bridgehead atoms. The van der Waals surface area contributed by atoms with E-state index in [0.29, 0.717) is 22.3 Å². The molecule has 318 valence electrons. The van der Waals surface area contributed by atoms with E-state index in [1.807, 2.05) is 176 Å². The van der Waals surface area contributed by atoms with Gasteiger partial charge in [-0.2, -0.15) is 0 Å². The SMILES string of the molecule is [2H]c1c([2H])c(-c2cc(-c3ccccc3)cc(-c3ccccc3)c2)c2c(oc3c([2H])c(-c4nc(-c5ccc(-c6ccccc6)cc5)nc(-c5ccc6oc7cc(-c8ccccc8)ccc7c6c5)n4)c([2H])c([2H])c32)c1[2H]. The molecule has 0 saturated carbocycles. The van der Waals surface area contributed by atoms with Crippen LogP contribution in [-0.4, -0.2) is 15.0 Å². The first-order valence-electron chi connectivity index (χ1n) is 25.3. The zero-order valence-corrected chi connectivity index (χ0v) is 36.2. The number of furan rings is 2. The molecular weight excluding hydrogens is 831 g/mol. The molecule has 13 aromatic rings. The molecule has 68 heavy (non-hydrogen) atoms. The smallest absolute Gasteiger partial charge is 0.164 e. The molecular formula is C63H39N3O2. The summed E-state index contributed by atoms with van der Waals surface area (Å²) in [4.78, 5) is 15.0. The van der Waals surface area contributed by atoms with Crippen LogP contribution in [0.5, 0.6) is 0 Å². The van der Waals surface area contributed by atoms with Crippen LogP contribution in [0.1, 0.15) is 8.22 Å². The van der Waals surface area contributed by atoms with Crippen molar-refractivity contribution in [3.63, 3.8) is 0 Å². The van der Waals surface area contributed by atoms with Crippen molar-refractivity contribution in [2.75, 3.05) is 0 Å². The molecule has 5 heteroatoms. The fourth-order valence-corrected chi connectivity index (χ4v) is 9.06. The van der Waals surface area contributed by atoms with Crippen molar-refractivity contribution < 1.29 is 17.1 Å². The van der Waals surface area contributed by atoms with E-state index in [2.05, 4.69) is 24.3 Å². The summed E-state index contributed by atoms with van der Waals surface area (Å²) in [5, 5.41) is 2.05. The zero-order chi connectivity index (χ0) is 50.2. The highest BCUT2D eigenvalue weighted by Crippen LogP contribution is 2.42. The third kappa shape index (κ3) is 7.11. The van der Waals surface area contributed by atoms with Crippen molar-refractivity contribution in [3.05, 3.63) is 236 Å². The minimum atomic E-state index is -0.369. The number of fused-ring (bicyclic) bond motifs is 6. The lowest BCUT2D eigenvalue weighted by Crippen LogP contribution is -2.00. The zero-order valence-electron chi connectivity index (χ0n) is 42.2. The molecule has 0 radical (unpaired) electrons. The van der Waals surface area contributed by atoms with Crippen LogP contribution in [0.2, 0.25) is 0 Å². The Morgan fingerprint density at radius 3 is 1.44 bits per heavy atom. The number of benzene rings is 10. The Labute approximate surface area is 400 Å². The molecule has 0 aliphatic carbocycles. The van der Waals surface area contributed by atoms with Crippen LogP contribution in [-0.2, 0) is 0 Å². The molecule has 3 aromatic heterocycles. The maximum atomic E-state index is 9.86. The van der Waals surface area contributed by atoms with Crippen molar-refractivity contribution in [2.24, 2.45) is 0 Å². The highest BCUT2D eigenvalue weighted by molar-refractivity contribution is 6.13. The second-order valence-corrected chi connectivity index (χ2v) is 16.7. The van der Waals surface area contributed by atoms with E-state index in [0.717, 1.165) is 60.9 Å². The first kappa shape index (κ1) is 33.3. The molecule has 0 atom stereocenters. The molecule has 0 fully saturated rings. The summed E-state index contributed by atoms with van der Waals surface area (Å²) in [7, 11) is 0. The number of aromatic nitrogens is 3. The van der Waals surface area contributed by atoms with Gasteiger partial charge in [-0.15, -0.1) is 0 Å². The average molecular weight is 876 g/mol. The molecule has 5 nitrogen and oxygen atoms in total. The second-order valence-electron chi connectivity index (χ2n) is 16.7. The fourth-order valence-electron chi connectivity index (χ4n) is 9.06. The maximum absolute atomic E-state index is 9.86. The maximum Gasteiger partial charge on any atom is 0.164 e. The van der Waals surface area contributed by atoms with Gasteiger partial charge in [-0.05, 0) is 122 Å². The molecule has 0 saturated heterocycles. The normalized spacial score (nSPS) is 12.8. The lowest BCUT2D eigenvalue weighted by Gasteiger charge is -2.12. The molecule has 10 aromatic carbocycles. The van der Waals surface area contributed by atoms with Crippen LogP contribution in [0, 0.1) is 0 Å². The van der Waals surface area contributed by atoms with E-state index in [-0.39, 0.29) is 86.8 Å². The molecule has 3 heterocycles. The van der Waals surface area contributed by atoms with Gasteiger partial charge in [0.25, 0.3) is 0 Å². The van der Waals surface area contributed by atoms with E-state index in [9.17, 15) is 5.48 Å². The van der Waals surface area contributed by atoms with Gasteiger partial charge >= 0.3 is 0 Å². The van der Waals surface area contributed by atoms with Crippen molar-refractivity contribution in [3.8, 4) is 89.8 Å². The van der Waals surface area contributed by atoms with Gasteiger partial charge in [-0.25, -0.2) is 15.0 Å². The van der Waals surface area contributed by atoms with Crippen LogP contribution in [0.25, 0.3) is 134 Å². The summed E-state index contributed by atoms with van der Waals surface area (Å²) >= 11 is 0. The van der Waals surface area contributed by atoms with Gasteiger partial charge in [0.2, 0.25) is 0 Å². The minimum absolute atomic E-state index is 0.0237. The molecule has 0 aliphatic rings. The number of rotatable bonds is 8. The third-order valence-electron chi connectivity index (χ3n) is 12.5. The lowest BCUT2D eigenvalue weighted by atomic mass is 9.91. The molecule has 0 N–H and O–H groups in total. The van der Waals surface area contributed by atoms with E-state index in [1.165, 1.54) is 0 Å². The average Bonchev–Trinajstić information content (AvgIpc) is 4.05. The van der Waals surface area contributed by atoms with Crippen LogP contribution in [0.4, 0.5) is 0 Å². The van der Waals surface area contributed by atoms with Gasteiger partial charge in [-0.1, -0.05) is 170 Å². The van der Waals surface area contributed by atoms with Crippen LogP contribution in [0.15, 0.2) is 245 Å². The van der Waals surface area contributed by atoms with Gasteiger partial charge < -0.3 is 8.83 Å². The molecule has 0 unspecified atom stereocenters. The van der Waals surface area contributed by atoms with E-state index in [1.54, 1.807) is 0 Å². The first-order valence-corrected chi connectivity index (χ1v) is 22.3. The topological polar surface area (TPSA) is 65.0 Å². The molecule has 0 amide bonds. The standard InChI is InChI=1S/C63H39N3O2/c1-5-14-40(15-6-1)44-24-26-45(27-25-44)61-64-62(47-30-33-56-55(37-47)53-31-28-46(38-58(53)67-56)41-16-7-2-8-17-41)66-63(65-61)48-29-32-54-59(39-48)68-57-23-13-22-52(60(54)57)51-35-49(42-18-9-3-10-19-42)34-50(36-51)43-20-11-4-12-21-43/h1-39H/i13D,22D,23D,29D,32D,39D. The lowest BCUT2D eigenvalue weighted by molar-refractivity contribution is 0.668. The van der Waals surface area contributed by atoms with Crippen LogP contribution < -0.4 is 0 Å². The minimum Gasteiger partial charge on any atom is -0.456 e. The summed E-state index contributed by atoms with van der Waals surface area (Å²) in [5.41, 5.74) is 11.0. The quantitative estimate of drug-likeness (QED) is 0.152. The van der Waals surface area contributed by atoms with Gasteiger partial charge in [0.15, 0.2) is 17.5 Å². The van der Waals surface area contributed by atoms with Crippen molar-refractivity contribution in [2.45, 2.75) is 0 Å². The number of nitrogens with zero attached hydrogens (tertiary/aromatic N) is 3. The summed E-state index contributed by atoms with van der Waals surface area (Å²) in [6.07, 6.45) is 0. The van der Waals surface area contributed by atoms with Gasteiger partial charge in [-0.3, -0.25) is 0 Å². The van der Waals surface area contributed by atoms with Gasteiger partial charge in [0, 0.05) is 38.2 Å². The second kappa shape index (κ2) is 16.4. The Kier molecular flexibility index (Phi) is 8.01. The Hall–Kier alpha value is -9.19. The highest BCUT2D eigenvalue weighted by atomic mass is 16.3. The van der Waals surface area contributed by atoms with E-state index in [4.69, 9.17) is 26.5 Å². The molecule has 0 spiro atoms. The van der Waals surface area contributed by atoms with Crippen molar-refractivity contribution in [1.82, 2.24) is 15.0 Å². The molecule has 13 rings (SSSR count). The van der Waals surface area contributed by atoms with Crippen molar-refractivity contribution in [1.29, 1.82) is 0 Å². The Bertz CT molecular complexity index is 4300. The monoisotopic (exact) mass is 875 g/mol. The summed E-state index contributed by atoms with van der Waals surface area (Å²) in [6.45, 7) is 0. The summed E-state index contributed by atoms with van der Waals surface area (Å²) < 4.78 is 69.8. The molecule has 0 aliphatic heterocycles. The first-order chi connectivity index (χ1) is 36.2. The Balaban J connectivity index is 1.02. The van der Waals surface area contributed by atoms with Crippen LogP contribution >= 0.6 is 0 Å². The van der Waals surface area contributed by atoms with E-state index < -0.39 is 0 Å². The van der Waals surface area contributed by atoms with Crippen LogP contribution in [0.3, 0.4) is 0 Å². The van der Waals surface area contributed by atoms with Gasteiger partial charge in [0.05, 0.1) is 8.22 Å². The number of hydrogen-bond donors (Lipinski definition) is 0. The Morgan fingerprint density at radius 1 is 0.294 bits per heavy atom. The van der Waals surface area contributed by atoms with Gasteiger partial charge in [0.1, 0.15) is 22.3 Å². The Morgan fingerprint density at radius 2 is 0.794 bits per heavy atom. The summed E-state index contributed by atoms with van der Waals surface area (Å²) in [5.74, 6) is 0.528. The van der Waals surface area contributed by atoms with E-state index >= 15 is 0 Å². The fraction of sp³-hybridized carbons (Fsp3) is 0.